The van der Waals surface area contributed by atoms with Gasteiger partial charge in [0, 0.05) is 22.1 Å². The van der Waals surface area contributed by atoms with E-state index in [0.29, 0.717) is 0 Å². The molecule has 0 atom stereocenters. The molecule has 1 heterocycles. The van der Waals surface area contributed by atoms with Gasteiger partial charge < -0.3 is 4.57 Å². The van der Waals surface area contributed by atoms with Crippen LogP contribution in [0.25, 0.3) is 10.9 Å². The van der Waals surface area contributed by atoms with Crippen LogP contribution in [-0.4, -0.2) is 4.57 Å². The standard InChI is InChI=1S/C11H12BrN/c1-3-13-8(2)7-9-5-4-6-10(12)11(9)13/h4-7H,3H2,1-2H3. The fraction of sp³-hybridized carbons (Fsp3) is 0.273. The van der Waals surface area contributed by atoms with Crippen LogP contribution in [0.5, 0.6) is 0 Å². The second-order valence-electron chi connectivity index (χ2n) is 3.21. The first-order valence-corrected chi connectivity index (χ1v) is 5.27. The van der Waals surface area contributed by atoms with Crippen LogP contribution >= 0.6 is 15.9 Å². The third-order valence-corrected chi connectivity index (χ3v) is 3.03. The van der Waals surface area contributed by atoms with Crippen LogP contribution in [0.3, 0.4) is 0 Å². The van der Waals surface area contributed by atoms with Crippen molar-refractivity contribution >= 4 is 26.8 Å². The van der Waals surface area contributed by atoms with Crippen LogP contribution in [0.1, 0.15) is 12.6 Å². The number of benzene rings is 1. The summed E-state index contributed by atoms with van der Waals surface area (Å²) in [4.78, 5) is 0. The van der Waals surface area contributed by atoms with Gasteiger partial charge in [-0.2, -0.15) is 0 Å². The molecule has 0 unspecified atom stereocenters. The molecule has 0 bridgehead atoms. The van der Waals surface area contributed by atoms with E-state index >= 15 is 0 Å². The number of fused-ring (bicyclic) bond motifs is 1. The predicted octanol–water partition coefficient (Wildman–Crippen LogP) is 3.73. The van der Waals surface area contributed by atoms with E-state index in [1.165, 1.54) is 21.1 Å². The summed E-state index contributed by atoms with van der Waals surface area (Å²) < 4.78 is 3.50. The van der Waals surface area contributed by atoms with Gasteiger partial charge in [0.1, 0.15) is 0 Å². The molecule has 0 aliphatic carbocycles. The van der Waals surface area contributed by atoms with Crippen molar-refractivity contribution < 1.29 is 0 Å². The molecule has 68 valence electrons. The maximum atomic E-state index is 3.58. The van der Waals surface area contributed by atoms with Gasteiger partial charge in [-0.25, -0.2) is 0 Å². The van der Waals surface area contributed by atoms with Gasteiger partial charge in [0.05, 0.1) is 5.52 Å². The molecule has 0 radical (unpaired) electrons. The quantitative estimate of drug-likeness (QED) is 0.713. The molecule has 0 saturated carbocycles. The minimum absolute atomic E-state index is 1.03. The van der Waals surface area contributed by atoms with Crippen LogP contribution in [0, 0.1) is 6.92 Å². The Morgan fingerprint density at radius 1 is 1.38 bits per heavy atom. The lowest BCUT2D eigenvalue weighted by Crippen LogP contribution is -1.95. The first-order chi connectivity index (χ1) is 6.24. The van der Waals surface area contributed by atoms with Gasteiger partial charge >= 0.3 is 0 Å². The Bertz CT molecular complexity index is 443. The second kappa shape index (κ2) is 3.18. The first-order valence-electron chi connectivity index (χ1n) is 4.48. The Morgan fingerprint density at radius 2 is 2.15 bits per heavy atom. The van der Waals surface area contributed by atoms with Crippen molar-refractivity contribution in [3.63, 3.8) is 0 Å². The minimum Gasteiger partial charge on any atom is -0.344 e. The summed E-state index contributed by atoms with van der Waals surface area (Å²) in [5.41, 5.74) is 2.63. The van der Waals surface area contributed by atoms with Crippen molar-refractivity contribution in [3.8, 4) is 0 Å². The van der Waals surface area contributed by atoms with Gasteiger partial charge in [0.2, 0.25) is 0 Å². The van der Waals surface area contributed by atoms with E-state index in [-0.39, 0.29) is 0 Å². The van der Waals surface area contributed by atoms with Crippen LogP contribution in [0.15, 0.2) is 28.7 Å². The van der Waals surface area contributed by atoms with Crippen LogP contribution in [-0.2, 0) is 6.54 Å². The summed E-state index contributed by atoms with van der Waals surface area (Å²) in [6, 6.07) is 8.54. The summed E-state index contributed by atoms with van der Waals surface area (Å²) in [5, 5.41) is 1.31. The summed E-state index contributed by atoms with van der Waals surface area (Å²) >= 11 is 3.58. The van der Waals surface area contributed by atoms with Crippen molar-refractivity contribution in [2.75, 3.05) is 0 Å². The molecular weight excluding hydrogens is 226 g/mol. The molecule has 1 nitrogen and oxygen atoms in total. The Kier molecular flexibility index (Phi) is 2.16. The molecule has 0 N–H and O–H groups in total. The molecule has 13 heavy (non-hydrogen) atoms. The predicted molar refractivity (Wildman–Crippen MR) is 60.0 cm³/mol. The molecule has 1 aromatic carbocycles. The van der Waals surface area contributed by atoms with Gasteiger partial charge in [-0.3, -0.25) is 0 Å². The fourth-order valence-electron chi connectivity index (χ4n) is 1.82. The molecule has 0 aliphatic heterocycles. The number of para-hydroxylation sites is 1. The van der Waals surface area contributed by atoms with E-state index in [1.54, 1.807) is 0 Å². The summed E-state index contributed by atoms with van der Waals surface area (Å²) in [5.74, 6) is 0. The maximum absolute atomic E-state index is 3.58. The lowest BCUT2D eigenvalue weighted by Gasteiger charge is -2.04. The normalized spacial score (nSPS) is 11.0. The molecule has 0 amide bonds. The topological polar surface area (TPSA) is 4.93 Å². The SMILES string of the molecule is CCn1c(C)cc2cccc(Br)c21. The highest BCUT2D eigenvalue weighted by atomic mass is 79.9. The van der Waals surface area contributed by atoms with Crippen molar-refractivity contribution in [1.29, 1.82) is 0 Å². The fourth-order valence-corrected chi connectivity index (χ4v) is 2.42. The number of aryl methyl sites for hydroxylation is 2. The Morgan fingerprint density at radius 3 is 2.85 bits per heavy atom. The Balaban J connectivity index is 2.88. The second-order valence-corrected chi connectivity index (χ2v) is 4.06. The molecule has 0 spiro atoms. The number of rotatable bonds is 1. The molecule has 0 aliphatic rings. The third kappa shape index (κ3) is 1.29. The molecule has 0 fully saturated rings. The van der Waals surface area contributed by atoms with E-state index < -0.39 is 0 Å². The van der Waals surface area contributed by atoms with Crippen molar-refractivity contribution in [2.45, 2.75) is 20.4 Å². The van der Waals surface area contributed by atoms with Crippen molar-refractivity contribution in [2.24, 2.45) is 0 Å². The molecular formula is C11H12BrN. The van der Waals surface area contributed by atoms with Gasteiger partial charge in [0.15, 0.2) is 0 Å². The highest BCUT2D eigenvalue weighted by Gasteiger charge is 2.05. The van der Waals surface area contributed by atoms with Crippen LogP contribution in [0.2, 0.25) is 0 Å². The smallest absolute Gasteiger partial charge is 0.0626 e. The van der Waals surface area contributed by atoms with E-state index in [1.807, 2.05) is 0 Å². The highest BCUT2D eigenvalue weighted by Crippen LogP contribution is 2.26. The minimum atomic E-state index is 1.03. The van der Waals surface area contributed by atoms with Gasteiger partial charge in [0.25, 0.3) is 0 Å². The summed E-state index contributed by atoms with van der Waals surface area (Å²) in [7, 11) is 0. The number of hydrogen-bond donors (Lipinski definition) is 0. The van der Waals surface area contributed by atoms with Gasteiger partial charge in [-0.1, -0.05) is 12.1 Å². The van der Waals surface area contributed by atoms with Gasteiger partial charge in [-0.15, -0.1) is 0 Å². The van der Waals surface area contributed by atoms with E-state index in [2.05, 4.69) is 58.6 Å². The number of nitrogens with zero attached hydrogens (tertiary/aromatic N) is 1. The Hall–Kier alpha value is -0.760. The molecule has 2 heteroatoms. The largest absolute Gasteiger partial charge is 0.344 e. The first kappa shape index (κ1) is 8.82. The zero-order chi connectivity index (χ0) is 9.42. The average molecular weight is 238 g/mol. The van der Waals surface area contributed by atoms with Gasteiger partial charge in [-0.05, 0) is 41.9 Å². The third-order valence-electron chi connectivity index (χ3n) is 2.39. The molecule has 2 aromatic rings. The van der Waals surface area contributed by atoms with Crippen LogP contribution in [0.4, 0.5) is 0 Å². The van der Waals surface area contributed by atoms with Crippen LogP contribution < -0.4 is 0 Å². The molecule has 2 rings (SSSR count). The summed E-state index contributed by atoms with van der Waals surface area (Å²) in [6.07, 6.45) is 0. The van der Waals surface area contributed by atoms with Crippen molar-refractivity contribution in [1.82, 2.24) is 4.57 Å². The zero-order valence-electron chi connectivity index (χ0n) is 7.84. The molecule has 0 saturated heterocycles. The average Bonchev–Trinajstić information content (AvgIpc) is 2.42. The Labute approximate surface area is 86.5 Å². The molecule has 1 aromatic heterocycles. The lowest BCUT2D eigenvalue weighted by atomic mass is 10.2. The lowest BCUT2D eigenvalue weighted by molar-refractivity contribution is 0.768. The maximum Gasteiger partial charge on any atom is 0.0626 e. The van der Waals surface area contributed by atoms with E-state index in [0.717, 1.165) is 6.54 Å². The zero-order valence-corrected chi connectivity index (χ0v) is 9.43. The number of halogens is 1. The van der Waals surface area contributed by atoms with E-state index in [9.17, 15) is 0 Å². The number of aromatic nitrogens is 1. The van der Waals surface area contributed by atoms with E-state index in [4.69, 9.17) is 0 Å². The monoisotopic (exact) mass is 237 g/mol. The highest BCUT2D eigenvalue weighted by molar-refractivity contribution is 9.10. The van der Waals surface area contributed by atoms with Crippen molar-refractivity contribution in [3.05, 3.63) is 34.4 Å². The number of hydrogen-bond acceptors (Lipinski definition) is 0. The summed E-state index contributed by atoms with van der Waals surface area (Å²) in [6.45, 7) is 5.35.